The van der Waals surface area contributed by atoms with Crippen molar-refractivity contribution in [3.63, 3.8) is 0 Å². The molecule has 1 amide bonds. The number of carbonyl (C=O) groups is 1. The Labute approximate surface area is 170 Å². The predicted octanol–water partition coefficient (Wildman–Crippen LogP) is 3.82. The Kier molecular flexibility index (Phi) is 4.66. The number of hydrogen-bond acceptors (Lipinski definition) is 4. The first kappa shape index (κ1) is 19.8. The van der Waals surface area contributed by atoms with E-state index in [1.807, 2.05) is 26.0 Å². The molecule has 2 N–H and O–H groups in total. The SMILES string of the molecule is [C-]#[N+]c1ccc2c(c1)C1(N=C(N)N(C(C)C)C1=O)C1(CCC(OC(C)F)CC1)C2. The molecule has 3 aliphatic rings. The van der Waals surface area contributed by atoms with Crippen LogP contribution in [-0.2, 0) is 21.5 Å². The van der Waals surface area contributed by atoms with Crippen LogP contribution in [0.2, 0.25) is 0 Å². The van der Waals surface area contributed by atoms with Crippen LogP contribution in [0.1, 0.15) is 57.6 Å². The van der Waals surface area contributed by atoms with E-state index in [1.54, 1.807) is 11.0 Å². The number of carbonyl (C=O) groups excluding carboxylic acids is 1. The average Bonchev–Trinajstić information content (AvgIpc) is 3.09. The summed E-state index contributed by atoms with van der Waals surface area (Å²) < 4.78 is 18.8. The zero-order valence-electron chi connectivity index (χ0n) is 17.1. The van der Waals surface area contributed by atoms with Gasteiger partial charge in [-0.3, -0.25) is 9.69 Å². The Morgan fingerprint density at radius 1 is 1.34 bits per heavy atom. The molecule has 1 saturated carbocycles. The number of guanidine groups is 1. The fraction of sp³-hybridized carbons (Fsp3) is 0.591. The largest absolute Gasteiger partial charge is 0.369 e. The number of nitrogens with two attached hydrogens (primary N) is 1. The first-order valence-electron chi connectivity index (χ1n) is 10.2. The Hall–Kier alpha value is -2.46. The maximum Gasteiger partial charge on any atom is 0.262 e. The van der Waals surface area contributed by atoms with Gasteiger partial charge in [0.15, 0.2) is 23.5 Å². The van der Waals surface area contributed by atoms with Crippen LogP contribution in [0.5, 0.6) is 0 Å². The van der Waals surface area contributed by atoms with Gasteiger partial charge in [-0.25, -0.2) is 14.2 Å². The first-order valence-corrected chi connectivity index (χ1v) is 10.2. The van der Waals surface area contributed by atoms with Crippen LogP contribution in [0.15, 0.2) is 23.2 Å². The van der Waals surface area contributed by atoms with Crippen LogP contribution in [-0.4, -0.2) is 35.3 Å². The summed E-state index contributed by atoms with van der Waals surface area (Å²) in [6.45, 7) is 12.6. The molecule has 0 aromatic heterocycles. The molecule has 1 aromatic rings. The highest BCUT2D eigenvalue weighted by molar-refractivity contribution is 6.08. The molecule has 2 spiro atoms. The summed E-state index contributed by atoms with van der Waals surface area (Å²) in [5.41, 5.74) is 7.07. The topological polar surface area (TPSA) is 72.3 Å². The Bertz CT molecular complexity index is 912. The van der Waals surface area contributed by atoms with Crippen molar-refractivity contribution in [3.05, 3.63) is 40.7 Å². The third-order valence-electron chi connectivity index (χ3n) is 6.75. The Balaban J connectivity index is 1.82. The molecule has 2 atom stereocenters. The predicted molar refractivity (Wildman–Crippen MR) is 108 cm³/mol. The highest BCUT2D eigenvalue weighted by Crippen LogP contribution is 2.62. The van der Waals surface area contributed by atoms with E-state index in [2.05, 4.69) is 4.85 Å². The standard InChI is InChI=1S/C22H27FN4O2/c1-13(2)27-19(28)22(26-20(27)24)18-11-16(25-4)6-5-15(18)12-21(22)9-7-17(8-10-21)29-14(3)23/h5-6,11,13-14,17H,7-10,12H2,1-3H3,(H2,24,26). The van der Waals surface area contributed by atoms with Gasteiger partial charge in [-0.2, -0.15) is 0 Å². The van der Waals surface area contributed by atoms with Crippen LogP contribution in [0.4, 0.5) is 10.1 Å². The van der Waals surface area contributed by atoms with Gasteiger partial charge >= 0.3 is 0 Å². The highest BCUT2D eigenvalue weighted by atomic mass is 19.1. The van der Waals surface area contributed by atoms with E-state index in [0.29, 0.717) is 37.8 Å². The molecule has 6 nitrogen and oxygen atoms in total. The number of benzene rings is 1. The molecule has 1 aromatic carbocycles. The van der Waals surface area contributed by atoms with E-state index < -0.39 is 17.3 Å². The van der Waals surface area contributed by atoms with Gasteiger partial charge < -0.3 is 10.5 Å². The molecule has 2 aliphatic carbocycles. The molecule has 0 radical (unpaired) electrons. The van der Waals surface area contributed by atoms with Gasteiger partial charge in [0.05, 0.1) is 12.7 Å². The van der Waals surface area contributed by atoms with E-state index in [4.69, 9.17) is 22.0 Å². The van der Waals surface area contributed by atoms with Crippen LogP contribution in [0.25, 0.3) is 4.85 Å². The first-order chi connectivity index (χ1) is 13.7. The average molecular weight is 398 g/mol. The van der Waals surface area contributed by atoms with Crippen LogP contribution in [0.3, 0.4) is 0 Å². The molecule has 154 valence electrons. The normalized spacial score (nSPS) is 32.0. The maximum atomic E-state index is 13.8. The third kappa shape index (κ3) is 2.77. The molecule has 1 aliphatic heterocycles. The van der Waals surface area contributed by atoms with E-state index in [-0.39, 0.29) is 24.0 Å². The van der Waals surface area contributed by atoms with E-state index in [0.717, 1.165) is 11.1 Å². The summed E-state index contributed by atoms with van der Waals surface area (Å²) in [5.74, 6) is 0.130. The zero-order valence-corrected chi connectivity index (χ0v) is 17.1. The van der Waals surface area contributed by atoms with E-state index in [9.17, 15) is 9.18 Å². The van der Waals surface area contributed by atoms with Gasteiger partial charge in [-0.15, -0.1) is 0 Å². The summed E-state index contributed by atoms with van der Waals surface area (Å²) in [6, 6.07) is 5.44. The number of nitrogens with zero attached hydrogens (tertiary/aromatic N) is 3. The van der Waals surface area contributed by atoms with Crippen molar-refractivity contribution in [1.82, 2.24) is 4.90 Å². The number of rotatable bonds is 3. The zero-order chi connectivity index (χ0) is 21.0. The monoisotopic (exact) mass is 398 g/mol. The van der Waals surface area contributed by atoms with E-state index in [1.165, 1.54) is 6.92 Å². The van der Waals surface area contributed by atoms with Crippen molar-refractivity contribution in [2.45, 2.75) is 76.9 Å². The van der Waals surface area contributed by atoms with Gasteiger partial charge in [-0.1, -0.05) is 18.2 Å². The van der Waals surface area contributed by atoms with Crippen LogP contribution in [0, 0.1) is 12.0 Å². The van der Waals surface area contributed by atoms with Gasteiger partial charge in [0.2, 0.25) is 0 Å². The summed E-state index contributed by atoms with van der Waals surface area (Å²) in [4.78, 5) is 23.8. The lowest BCUT2D eigenvalue weighted by molar-refractivity contribution is -0.142. The van der Waals surface area contributed by atoms with Gasteiger partial charge in [-0.05, 0) is 64.0 Å². The lowest BCUT2D eigenvalue weighted by Gasteiger charge is -2.45. The van der Waals surface area contributed by atoms with E-state index >= 15 is 0 Å². The van der Waals surface area contributed by atoms with Gasteiger partial charge in [0, 0.05) is 11.5 Å². The number of alkyl halides is 1. The summed E-state index contributed by atoms with van der Waals surface area (Å²) in [6.07, 6.45) is 1.98. The summed E-state index contributed by atoms with van der Waals surface area (Å²) in [7, 11) is 0. The maximum absolute atomic E-state index is 13.8. The van der Waals surface area contributed by atoms with Crippen molar-refractivity contribution >= 4 is 17.6 Å². The fourth-order valence-corrected chi connectivity index (χ4v) is 5.56. The minimum absolute atomic E-state index is 0.107. The fourth-order valence-electron chi connectivity index (χ4n) is 5.56. The number of aliphatic imine (C=N–C) groups is 1. The molecular formula is C22H27FN4O2. The molecule has 1 fully saturated rings. The minimum Gasteiger partial charge on any atom is -0.369 e. The number of halogens is 1. The van der Waals surface area contributed by atoms with Crippen molar-refractivity contribution in [1.29, 1.82) is 0 Å². The molecule has 0 bridgehead atoms. The highest BCUT2D eigenvalue weighted by Gasteiger charge is 2.66. The quantitative estimate of drug-likeness (QED) is 0.787. The molecule has 2 unspecified atom stereocenters. The van der Waals surface area contributed by atoms with Crippen molar-refractivity contribution < 1.29 is 13.9 Å². The number of amides is 1. The summed E-state index contributed by atoms with van der Waals surface area (Å²) in [5, 5.41) is 0. The van der Waals surface area contributed by atoms with Crippen LogP contribution < -0.4 is 5.73 Å². The lowest BCUT2D eigenvalue weighted by Crippen LogP contribution is -2.53. The number of fused-ring (bicyclic) bond motifs is 3. The third-order valence-corrected chi connectivity index (χ3v) is 6.75. The van der Waals surface area contributed by atoms with Gasteiger partial charge in [0.25, 0.3) is 5.91 Å². The molecule has 29 heavy (non-hydrogen) atoms. The molecule has 1 heterocycles. The Morgan fingerprint density at radius 2 is 2.03 bits per heavy atom. The number of hydrogen-bond donors (Lipinski definition) is 1. The molecular weight excluding hydrogens is 371 g/mol. The van der Waals surface area contributed by atoms with Gasteiger partial charge in [0.1, 0.15) is 0 Å². The molecule has 4 rings (SSSR count). The van der Waals surface area contributed by atoms with Crippen molar-refractivity contribution in [3.8, 4) is 0 Å². The second-order valence-electron chi connectivity index (χ2n) is 8.74. The Morgan fingerprint density at radius 3 is 2.59 bits per heavy atom. The lowest BCUT2D eigenvalue weighted by atomic mass is 9.61. The molecule has 0 saturated heterocycles. The van der Waals surface area contributed by atoms with Crippen molar-refractivity contribution in [2.75, 3.05) is 0 Å². The van der Waals surface area contributed by atoms with Crippen LogP contribution >= 0.6 is 0 Å². The second-order valence-corrected chi connectivity index (χ2v) is 8.74. The van der Waals surface area contributed by atoms with Crippen molar-refractivity contribution in [2.24, 2.45) is 16.1 Å². The molecule has 7 heteroatoms. The smallest absolute Gasteiger partial charge is 0.262 e. The second kappa shape index (κ2) is 6.81. The summed E-state index contributed by atoms with van der Waals surface area (Å²) >= 11 is 0. The number of ether oxygens (including phenoxy) is 1. The minimum atomic E-state index is -1.30.